The van der Waals surface area contributed by atoms with Crippen molar-refractivity contribution in [1.29, 1.82) is 0 Å². The molecule has 1 amide bonds. The number of piperidine rings is 1. The molecule has 168 valence electrons. The van der Waals surface area contributed by atoms with Gasteiger partial charge in [0.2, 0.25) is 0 Å². The van der Waals surface area contributed by atoms with E-state index in [1.807, 2.05) is 57.7 Å². The Balaban J connectivity index is 1.17. The molecule has 5 rings (SSSR count). The molecule has 0 radical (unpaired) electrons. The number of aromatic nitrogens is 3. The zero-order valence-electron chi connectivity index (χ0n) is 18.5. The zero-order valence-corrected chi connectivity index (χ0v) is 19.3. The molecule has 0 bridgehead atoms. The van der Waals surface area contributed by atoms with Crippen LogP contribution in [0.4, 0.5) is 0 Å². The number of benzene rings is 1. The van der Waals surface area contributed by atoms with Crippen molar-refractivity contribution in [1.82, 2.24) is 24.6 Å². The molecular weight excluding hydrogens is 418 g/mol. The average molecular weight is 450 g/mol. The van der Waals surface area contributed by atoms with Crippen LogP contribution in [0.2, 0.25) is 0 Å². The lowest BCUT2D eigenvalue weighted by atomic mass is 9.96. The molecule has 2 aromatic heterocycles. The van der Waals surface area contributed by atoms with Gasteiger partial charge in [-0.3, -0.25) is 4.79 Å². The number of amides is 1. The lowest BCUT2D eigenvalue weighted by molar-refractivity contribution is 0.0663. The van der Waals surface area contributed by atoms with Crippen LogP contribution in [-0.2, 0) is 0 Å². The van der Waals surface area contributed by atoms with Gasteiger partial charge in [0.25, 0.3) is 5.91 Å². The number of nitrogens with zero attached hydrogens (tertiary/aromatic N) is 5. The summed E-state index contributed by atoms with van der Waals surface area (Å²) >= 11 is 1.51. The molecule has 2 aliphatic rings. The number of hydrogen-bond acceptors (Lipinski definition) is 5. The number of carbonyl (C=O) groups is 1. The van der Waals surface area contributed by atoms with Gasteiger partial charge in [-0.15, -0.1) is 11.3 Å². The van der Waals surface area contributed by atoms with Gasteiger partial charge in [0.05, 0.1) is 11.9 Å². The standard InChI is InChI=1S/C25H31N5OS/c31-25(29-14-10-20(11-15-29)17-28-12-6-1-2-7-13-28)23-19-32-24(27-23)21-16-26-30(18-21)22-8-4-3-5-9-22/h3-5,8-9,16,18-20H,1-2,6-7,10-15,17H2. The monoisotopic (exact) mass is 449 g/mol. The number of carbonyl (C=O) groups excluding carboxylic acids is 1. The van der Waals surface area contributed by atoms with E-state index in [-0.39, 0.29) is 5.91 Å². The summed E-state index contributed by atoms with van der Waals surface area (Å²) in [5.41, 5.74) is 2.51. The maximum Gasteiger partial charge on any atom is 0.273 e. The molecular formula is C25H31N5OS. The van der Waals surface area contributed by atoms with Crippen molar-refractivity contribution in [3.05, 3.63) is 53.8 Å². The summed E-state index contributed by atoms with van der Waals surface area (Å²) in [7, 11) is 0. The van der Waals surface area contributed by atoms with Crippen LogP contribution in [0.3, 0.4) is 0 Å². The fourth-order valence-electron chi connectivity index (χ4n) is 4.82. The molecule has 0 spiro atoms. The van der Waals surface area contributed by atoms with Crippen LogP contribution in [0.25, 0.3) is 16.3 Å². The van der Waals surface area contributed by atoms with Crippen LogP contribution in [0.5, 0.6) is 0 Å². The van der Waals surface area contributed by atoms with Crippen molar-refractivity contribution in [3.63, 3.8) is 0 Å². The Kier molecular flexibility index (Phi) is 6.64. The van der Waals surface area contributed by atoms with Crippen LogP contribution in [0.15, 0.2) is 48.1 Å². The Labute approximate surface area is 193 Å². The first kappa shape index (κ1) is 21.3. The van der Waals surface area contributed by atoms with Crippen LogP contribution >= 0.6 is 11.3 Å². The molecule has 0 aliphatic carbocycles. The highest BCUT2D eigenvalue weighted by Gasteiger charge is 2.26. The smallest absolute Gasteiger partial charge is 0.273 e. The first-order valence-electron chi connectivity index (χ1n) is 11.8. The fourth-order valence-corrected chi connectivity index (χ4v) is 5.59. The molecule has 0 atom stereocenters. The van der Waals surface area contributed by atoms with Gasteiger partial charge in [-0.1, -0.05) is 31.0 Å². The van der Waals surface area contributed by atoms with Crippen LogP contribution in [-0.4, -0.2) is 63.2 Å². The van der Waals surface area contributed by atoms with Crippen molar-refractivity contribution in [2.75, 3.05) is 32.7 Å². The highest BCUT2D eigenvalue weighted by atomic mass is 32.1. The Bertz CT molecular complexity index is 1010. The largest absolute Gasteiger partial charge is 0.337 e. The van der Waals surface area contributed by atoms with E-state index in [4.69, 9.17) is 0 Å². The van der Waals surface area contributed by atoms with Gasteiger partial charge in [0.15, 0.2) is 0 Å². The zero-order chi connectivity index (χ0) is 21.8. The van der Waals surface area contributed by atoms with E-state index in [9.17, 15) is 4.79 Å². The van der Waals surface area contributed by atoms with Gasteiger partial charge in [0, 0.05) is 36.8 Å². The summed E-state index contributed by atoms with van der Waals surface area (Å²) in [6, 6.07) is 10.0. The van der Waals surface area contributed by atoms with Crippen LogP contribution < -0.4 is 0 Å². The lowest BCUT2D eigenvalue weighted by Gasteiger charge is -2.34. The van der Waals surface area contributed by atoms with E-state index in [0.717, 1.165) is 42.2 Å². The number of rotatable bonds is 5. The summed E-state index contributed by atoms with van der Waals surface area (Å²) in [6.45, 7) is 5.39. The Morgan fingerprint density at radius 3 is 2.50 bits per heavy atom. The van der Waals surface area contributed by atoms with E-state index in [1.54, 1.807) is 0 Å². The maximum atomic E-state index is 13.1. The van der Waals surface area contributed by atoms with Gasteiger partial charge in [0.1, 0.15) is 10.7 Å². The third-order valence-corrected chi connectivity index (χ3v) is 7.58. The summed E-state index contributed by atoms with van der Waals surface area (Å²) in [5, 5.41) is 7.18. The normalized spacial score (nSPS) is 18.6. The van der Waals surface area contributed by atoms with Crippen LogP contribution in [0, 0.1) is 5.92 Å². The van der Waals surface area contributed by atoms with E-state index in [1.165, 1.54) is 56.7 Å². The maximum absolute atomic E-state index is 13.1. The van der Waals surface area contributed by atoms with Gasteiger partial charge in [-0.2, -0.15) is 5.10 Å². The molecule has 2 fully saturated rings. The molecule has 1 aromatic carbocycles. The molecule has 32 heavy (non-hydrogen) atoms. The van der Waals surface area contributed by atoms with Gasteiger partial charge >= 0.3 is 0 Å². The number of likely N-dealkylation sites (tertiary alicyclic amines) is 2. The topological polar surface area (TPSA) is 54.3 Å². The summed E-state index contributed by atoms with van der Waals surface area (Å²) < 4.78 is 1.84. The predicted molar refractivity (Wildman–Crippen MR) is 128 cm³/mol. The van der Waals surface area contributed by atoms with Gasteiger partial charge < -0.3 is 9.80 Å². The van der Waals surface area contributed by atoms with E-state index in [0.29, 0.717) is 11.6 Å². The van der Waals surface area contributed by atoms with E-state index < -0.39 is 0 Å². The highest BCUT2D eigenvalue weighted by Crippen LogP contribution is 2.26. The Morgan fingerprint density at radius 1 is 1.00 bits per heavy atom. The molecule has 2 saturated heterocycles. The minimum absolute atomic E-state index is 0.0659. The minimum Gasteiger partial charge on any atom is -0.337 e. The molecule has 3 aromatic rings. The first-order chi connectivity index (χ1) is 15.8. The Hall–Kier alpha value is -2.51. The van der Waals surface area contributed by atoms with Gasteiger partial charge in [-0.25, -0.2) is 9.67 Å². The predicted octanol–water partition coefficient (Wildman–Crippen LogP) is 4.72. The van der Waals surface area contributed by atoms with Crippen molar-refractivity contribution >= 4 is 17.2 Å². The third-order valence-electron chi connectivity index (χ3n) is 6.69. The number of hydrogen-bond donors (Lipinski definition) is 0. The number of para-hydroxylation sites is 1. The minimum atomic E-state index is 0.0659. The molecule has 6 nitrogen and oxygen atoms in total. The summed E-state index contributed by atoms with van der Waals surface area (Å²) in [4.78, 5) is 22.3. The molecule has 4 heterocycles. The highest BCUT2D eigenvalue weighted by molar-refractivity contribution is 7.13. The average Bonchev–Trinajstić information content (AvgIpc) is 3.45. The van der Waals surface area contributed by atoms with Crippen LogP contribution in [0.1, 0.15) is 49.0 Å². The SMILES string of the molecule is O=C(c1csc(-c2cnn(-c3ccccc3)c2)n1)N1CCC(CN2CCCCCC2)CC1. The van der Waals surface area contributed by atoms with Crippen molar-refractivity contribution in [2.45, 2.75) is 38.5 Å². The second-order valence-corrected chi connectivity index (χ2v) is 9.86. The molecule has 0 unspecified atom stereocenters. The Morgan fingerprint density at radius 2 is 1.75 bits per heavy atom. The van der Waals surface area contributed by atoms with Gasteiger partial charge in [-0.05, 0) is 56.8 Å². The second-order valence-electron chi connectivity index (χ2n) is 9.00. The van der Waals surface area contributed by atoms with Crippen molar-refractivity contribution in [3.8, 4) is 16.3 Å². The van der Waals surface area contributed by atoms with E-state index in [2.05, 4.69) is 15.0 Å². The second kappa shape index (κ2) is 9.96. The third kappa shape index (κ3) is 4.94. The number of thiazole rings is 1. The van der Waals surface area contributed by atoms with Crippen molar-refractivity contribution in [2.24, 2.45) is 5.92 Å². The van der Waals surface area contributed by atoms with Crippen molar-refractivity contribution < 1.29 is 4.79 Å². The van der Waals surface area contributed by atoms with E-state index >= 15 is 0 Å². The first-order valence-corrected chi connectivity index (χ1v) is 12.7. The molecule has 7 heteroatoms. The lowest BCUT2D eigenvalue weighted by Crippen LogP contribution is -2.42. The molecule has 0 N–H and O–H groups in total. The quantitative estimate of drug-likeness (QED) is 0.565. The summed E-state index contributed by atoms with van der Waals surface area (Å²) in [6.07, 6.45) is 11.4. The fraction of sp³-hybridized carbons (Fsp3) is 0.480. The summed E-state index contributed by atoms with van der Waals surface area (Å²) in [5.74, 6) is 0.781. The molecule has 2 aliphatic heterocycles. The molecule has 0 saturated carbocycles.